The van der Waals surface area contributed by atoms with Gasteiger partial charge in [0.15, 0.2) is 0 Å². The summed E-state index contributed by atoms with van der Waals surface area (Å²) in [6.45, 7) is 0. The van der Waals surface area contributed by atoms with Crippen molar-refractivity contribution in [2.24, 2.45) is 0 Å². The number of hydrogen-bond acceptors (Lipinski definition) is 2. The molecule has 1 atom stereocenters. The predicted molar refractivity (Wildman–Crippen MR) is 82.6 cm³/mol. The summed E-state index contributed by atoms with van der Waals surface area (Å²) in [5, 5.41) is 12.1. The van der Waals surface area contributed by atoms with Gasteiger partial charge in [0.1, 0.15) is 0 Å². The van der Waals surface area contributed by atoms with Crippen molar-refractivity contribution in [3.05, 3.63) is 58.3 Å². The molecule has 0 fully saturated rings. The van der Waals surface area contributed by atoms with Gasteiger partial charge in [-0.05, 0) is 55.5 Å². The maximum atomic E-state index is 9.96. The third-order valence-electron chi connectivity index (χ3n) is 3.39. The summed E-state index contributed by atoms with van der Waals surface area (Å²) in [5.74, 6) is 0. The van der Waals surface area contributed by atoms with Gasteiger partial charge in [-0.3, -0.25) is 0 Å². The van der Waals surface area contributed by atoms with Crippen LogP contribution in [0.3, 0.4) is 0 Å². The van der Waals surface area contributed by atoms with Gasteiger partial charge in [-0.15, -0.1) is 11.3 Å². The lowest BCUT2D eigenvalue weighted by Crippen LogP contribution is -2.07. The normalized spacial score (nSPS) is 12.5. The van der Waals surface area contributed by atoms with Crippen LogP contribution in [0.2, 0.25) is 0 Å². The van der Waals surface area contributed by atoms with E-state index in [4.69, 9.17) is 0 Å². The number of hydrogen-bond donors (Lipinski definition) is 1. The van der Waals surface area contributed by atoms with Crippen LogP contribution in [0.5, 0.6) is 0 Å². The van der Waals surface area contributed by atoms with E-state index >= 15 is 0 Å². The first-order valence-corrected chi connectivity index (χ1v) is 7.97. The van der Waals surface area contributed by atoms with Crippen LogP contribution in [-0.4, -0.2) is 11.2 Å². The lowest BCUT2D eigenvalue weighted by molar-refractivity contribution is 0.149. The number of aryl methyl sites for hydroxylation is 2. The Labute approximate surface area is 119 Å². The fourth-order valence-electron chi connectivity index (χ4n) is 2.30. The quantitative estimate of drug-likeness (QED) is 0.754. The minimum atomic E-state index is -0.135. The second-order valence-electron chi connectivity index (χ2n) is 5.00. The molecule has 2 aromatic rings. The number of benzene rings is 1. The molecular formula is C17H22OS. The highest BCUT2D eigenvalue weighted by atomic mass is 32.1. The first-order valence-electron chi connectivity index (χ1n) is 7.09. The van der Waals surface area contributed by atoms with Crippen molar-refractivity contribution in [1.29, 1.82) is 0 Å². The molecule has 0 saturated heterocycles. The Hall–Kier alpha value is -1.12. The third-order valence-corrected chi connectivity index (χ3v) is 4.32. The van der Waals surface area contributed by atoms with Gasteiger partial charge in [-0.25, -0.2) is 0 Å². The summed E-state index contributed by atoms with van der Waals surface area (Å²) in [4.78, 5) is 1.43. The third kappa shape index (κ3) is 5.58. The zero-order valence-corrected chi connectivity index (χ0v) is 12.1. The smallest absolute Gasteiger partial charge is 0.0540 e. The lowest BCUT2D eigenvalue weighted by Gasteiger charge is -2.09. The van der Waals surface area contributed by atoms with Crippen molar-refractivity contribution in [1.82, 2.24) is 0 Å². The highest BCUT2D eigenvalue weighted by Gasteiger charge is 2.04. The predicted octanol–water partition coefficient (Wildman–Crippen LogP) is 4.45. The molecule has 1 heterocycles. The summed E-state index contributed by atoms with van der Waals surface area (Å²) in [6.07, 6.45) is 6.04. The van der Waals surface area contributed by atoms with Crippen molar-refractivity contribution < 1.29 is 5.11 Å². The molecule has 2 rings (SSSR count). The minimum absolute atomic E-state index is 0.135. The van der Waals surface area contributed by atoms with Gasteiger partial charge in [0, 0.05) is 4.88 Å². The molecule has 1 unspecified atom stereocenters. The zero-order valence-electron chi connectivity index (χ0n) is 11.3. The Balaban J connectivity index is 1.56. The summed E-state index contributed by atoms with van der Waals surface area (Å²) >= 11 is 1.81. The number of rotatable bonds is 8. The summed E-state index contributed by atoms with van der Waals surface area (Å²) in [7, 11) is 0. The van der Waals surface area contributed by atoms with Crippen molar-refractivity contribution in [3.8, 4) is 0 Å². The Kier molecular flexibility index (Phi) is 6.12. The van der Waals surface area contributed by atoms with Gasteiger partial charge < -0.3 is 5.11 Å². The van der Waals surface area contributed by atoms with Gasteiger partial charge in [-0.2, -0.15) is 0 Å². The molecule has 0 aliphatic carbocycles. The van der Waals surface area contributed by atoms with E-state index in [0.717, 1.165) is 38.5 Å². The van der Waals surface area contributed by atoms with Gasteiger partial charge >= 0.3 is 0 Å². The molecule has 0 saturated carbocycles. The van der Waals surface area contributed by atoms with Crippen LogP contribution in [0.25, 0.3) is 0 Å². The average molecular weight is 274 g/mol. The highest BCUT2D eigenvalue weighted by molar-refractivity contribution is 7.09. The lowest BCUT2D eigenvalue weighted by atomic mass is 10.0. The summed E-state index contributed by atoms with van der Waals surface area (Å²) in [5.41, 5.74) is 1.37. The zero-order chi connectivity index (χ0) is 13.3. The van der Waals surface area contributed by atoms with E-state index in [-0.39, 0.29) is 6.10 Å². The van der Waals surface area contributed by atoms with Crippen LogP contribution < -0.4 is 0 Å². The number of aliphatic hydroxyl groups is 1. The van der Waals surface area contributed by atoms with Crippen LogP contribution >= 0.6 is 11.3 Å². The van der Waals surface area contributed by atoms with Crippen molar-refractivity contribution in [2.75, 3.05) is 0 Å². The average Bonchev–Trinajstić information content (AvgIpc) is 2.93. The van der Waals surface area contributed by atoms with Crippen LogP contribution in [0.15, 0.2) is 47.8 Å². The monoisotopic (exact) mass is 274 g/mol. The topological polar surface area (TPSA) is 20.2 Å². The summed E-state index contributed by atoms with van der Waals surface area (Å²) < 4.78 is 0. The van der Waals surface area contributed by atoms with Crippen molar-refractivity contribution in [2.45, 2.75) is 44.6 Å². The van der Waals surface area contributed by atoms with Crippen LogP contribution in [-0.2, 0) is 12.8 Å². The molecule has 0 aliphatic rings. The fourth-order valence-corrected chi connectivity index (χ4v) is 3.05. The molecule has 19 heavy (non-hydrogen) atoms. The van der Waals surface area contributed by atoms with Gasteiger partial charge in [0.25, 0.3) is 0 Å². The molecule has 0 bridgehead atoms. The minimum Gasteiger partial charge on any atom is -0.393 e. The van der Waals surface area contributed by atoms with E-state index in [1.165, 1.54) is 10.4 Å². The van der Waals surface area contributed by atoms with Crippen LogP contribution in [0.4, 0.5) is 0 Å². The van der Waals surface area contributed by atoms with Crippen LogP contribution in [0.1, 0.15) is 36.1 Å². The van der Waals surface area contributed by atoms with E-state index in [1.54, 1.807) is 0 Å². The Bertz CT molecular complexity index is 436. The van der Waals surface area contributed by atoms with Crippen molar-refractivity contribution in [3.63, 3.8) is 0 Å². The highest BCUT2D eigenvalue weighted by Crippen LogP contribution is 2.15. The van der Waals surface area contributed by atoms with Crippen LogP contribution in [0, 0.1) is 0 Å². The van der Waals surface area contributed by atoms with E-state index in [1.807, 2.05) is 17.4 Å². The molecule has 2 heteroatoms. The first-order chi connectivity index (χ1) is 9.34. The van der Waals surface area contributed by atoms with Gasteiger partial charge in [-0.1, -0.05) is 36.4 Å². The molecule has 1 N–H and O–H groups in total. The molecule has 1 aromatic carbocycles. The second-order valence-corrected chi connectivity index (χ2v) is 6.04. The number of aliphatic hydroxyl groups excluding tert-OH is 1. The molecule has 0 amide bonds. The first kappa shape index (κ1) is 14.3. The Morgan fingerprint density at radius 1 is 0.895 bits per heavy atom. The van der Waals surface area contributed by atoms with E-state index in [0.29, 0.717) is 0 Å². The summed E-state index contributed by atoms with van der Waals surface area (Å²) in [6, 6.07) is 14.8. The maximum absolute atomic E-state index is 9.96. The molecule has 0 spiro atoms. The van der Waals surface area contributed by atoms with E-state index in [9.17, 15) is 5.11 Å². The number of thiophene rings is 1. The standard InChI is InChI=1S/C17H22OS/c18-16(11-5-12-17-13-6-14-19-17)10-4-9-15-7-2-1-3-8-15/h1-3,6-8,13-14,16,18H,4-5,9-12H2. The Morgan fingerprint density at radius 3 is 2.32 bits per heavy atom. The van der Waals surface area contributed by atoms with Gasteiger partial charge in [0.05, 0.1) is 6.10 Å². The molecule has 0 aliphatic heterocycles. The Morgan fingerprint density at radius 2 is 1.63 bits per heavy atom. The SMILES string of the molecule is OC(CCCc1ccccc1)CCCc1cccs1. The molecule has 102 valence electrons. The van der Waals surface area contributed by atoms with E-state index in [2.05, 4.69) is 41.8 Å². The maximum Gasteiger partial charge on any atom is 0.0540 e. The molecular weight excluding hydrogens is 252 g/mol. The molecule has 1 nitrogen and oxygen atoms in total. The molecule has 1 aromatic heterocycles. The molecule has 0 radical (unpaired) electrons. The van der Waals surface area contributed by atoms with Gasteiger partial charge in [0.2, 0.25) is 0 Å². The second kappa shape index (κ2) is 8.13. The van der Waals surface area contributed by atoms with Crippen molar-refractivity contribution >= 4 is 11.3 Å². The van der Waals surface area contributed by atoms with E-state index < -0.39 is 0 Å². The fraction of sp³-hybridized carbons (Fsp3) is 0.412. The largest absolute Gasteiger partial charge is 0.393 e.